The molecule has 0 fully saturated rings. The Labute approximate surface area is 117 Å². The number of carbonyl (C=O) groups excluding carboxylic acids is 1. The minimum absolute atomic E-state index is 0.00714. The summed E-state index contributed by atoms with van der Waals surface area (Å²) in [6.07, 6.45) is 1.20. The lowest BCUT2D eigenvalue weighted by Crippen LogP contribution is -2.28. The molecule has 0 N–H and O–H groups in total. The normalized spacial score (nSPS) is 11.9. The van der Waals surface area contributed by atoms with E-state index in [0.29, 0.717) is 16.0 Å². The zero-order chi connectivity index (χ0) is 14.1. The molecule has 2 aromatic heterocycles. The van der Waals surface area contributed by atoms with Crippen LogP contribution in [0.3, 0.4) is 0 Å². The molecule has 20 heavy (non-hydrogen) atoms. The Kier molecular flexibility index (Phi) is 3.04. The Morgan fingerprint density at radius 3 is 2.95 bits per heavy atom. The zero-order valence-electron chi connectivity index (χ0n) is 10.3. The summed E-state index contributed by atoms with van der Waals surface area (Å²) in [4.78, 5) is 28.5. The highest BCUT2D eigenvalue weighted by atomic mass is 32.1. The maximum absolute atomic E-state index is 11.9. The summed E-state index contributed by atoms with van der Waals surface area (Å²) in [6, 6.07) is 8.57. The second kappa shape index (κ2) is 4.86. The van der Waals surface area contributed by atoms with Gasteiger partial charge in [-0.15, -0.1) is 11.3 Å². The Hall–Kier alpha value is -2.53. The predicted molar refractivity (Wildman–Crippen MR) is 78.2 cm³/mol. The number of Topliss-reactive ketones (excluding diaryl/α,β-unsaturated/α-hetero) is 1. The fourth-order valence-electron chi connectivity index (χ4n) is 1.77. The predicted octanol–water partition coefficient (Wildman–Crippen LogP) is 1.32. The molecule has 0 bridgehead atoms. The Balaban J connectivity index is 2.19. The third-order valence-corrected chi connectivity index (χ3v) is 3.59. The number of rotatable bonds is 2. The number of aromatic nitrogens is 1. The first-order chi connectivity index (χ1) is 9.63. The van der Waals surface area contributed by atoms with Crippen LogP contribution in [-0.4, -0.2) is 10.8 Å². The average molecular weight is 283 g/mol. The number of hydrogen-bond donors (Lipinski definition) is 0. The lowest BCUT2D eigenvalue weighted by atomic mass is 10.2. The number of nitrogens with zero attached hydrogens (tertiary/aromatic N) is 1. The molecule has 0 aliphatic heterocycles. The van der Waals surface area contributed by atoms with Crippen molar-refractivity contribution in [2.75, 3.05) is 0 Å². The van der Waals surface area contributed by atoms with Gasteiger partial charge in [-0.05, 0) is 28.8 Å². The van der Waals surface area contributed by atoms with Crippen molar-refractivity contribution in [3.8, 4) is 0 Å². The molecule has 0 unspecified atom stereocenters. The monoisotopic (exact) mass is 283 g/mol. The Morgan fingerprint density at radius 1 is 1.35 bits per heavy atom. The second-order valence-corrected chi connectivity index (χ2v) is 5.12. The zero-order valence-corrected chi connectivity index (χ0v) is 11.1. The van der Waals surface area contributed by atoms with Crippen LogP contribution in [0.25, 0.3) is 23.8 Å². The van der Waals surface area contributed by atoms with E-state index < -0.39 is 5.63 Å². The summed E-state index contributed by atoms with van der Waals surface area (Å²) in [5, 5.41) is 2.54. The quantitative estimate of drug-likeness (QED) is 0.666. The molecule has 0 saturated heterocycles. The number of carbonyl (C=O) groups is 1. The van der Waals surface area contributed by atoms with Crippen LogP contribution in [0.15, 0.2) is 44.9 Å². The number of benzene rings is 1. The minimum Gasteiger partial charge on any atom is -0.419 e. The molecule has 0 aliphatic rings. The molecule has 0 saturated carbocycles. The van der Waals surface area contributed by atoms with E-state index in [-0.39, 0.29) is 11.1 Å². The number of fused-ring (bicyclic) bond motifs is 1. The van der Waals surface area contributed by atoms with Crippen molar-refractivity contribution in [2.24, 2.45) is 0 Å². The largest absolute Gasteiger partial charge is 0.419 e. The van der Waals surface area contributed by atoms with Crippen LogP contribution in [0.2, 0.25) is 0 Å². The van der Waals surface area contributed by atoms with E-state index in [1.54, 1.807) is 35.7 Å². The van der Waals surface area contributed by atoms with Crippen LogP contribution < -0.4 is 16.2 Å². The first-order valence-corrected chi connectivity index (χ1v) is 6.71. The third-order valence-electron chi connectivity index (χ3n) is 2.71. The highest BCUT2D eigenvalue weighted by molar-refractivity contribution is 7.12. The smallest absolute Gasteiger partial charge is 0.362 e. The van der Waals surface area contributed by atoms with Crippen LogP contribution >= 0.6 is 11.3 Å². The van der Waals surface area contributed by atoms with Crippen molar-refractivity contribution in [3.05, 3.63) is 61.6 Å². The summed E-state index contributed by atoms with van der Waals surface area (Å²) in [5.41, 5.74) is 0.249. The summed E-state index contributed by atoms with van der Waals surface area (Å²) in [6.45, 7) is 3.75. The van der Waals surface area contributed by atoms with E-state index in [9.17, 15) is 9.59 Å². The number of ketones is 1. The first kappa shape index (κ1) is 12.5. The van der Waals surface area contributed by atoms with Gasteiger partial charge in [0.2, 0.25) is 0 Å². The molecule has 0 spiro atoms. The summed E-state index contributed by atoms with van der Waals surface area (Å²) < 4.78 is 5.15. The molecule has 0 amide bonds. The van der Waals surface area contributed by atoms with E-state index in [2.05, 4.69) is 11.6 Å². The fraction of sp³-hybridized carbons (Fsp3) is 0. The second-order valence-electron chi connectivity index (χ2n) is 4.17. The van der Waals surface area contributed by atoms with Gasteiger partial charge in [-0.25, -0.2) is 9.78 Å². The van der Waals surface area contributed by atoms with Gasteiger partial charge >= 0.3 is 5.63 Å². The summed E-state index contributed by atoms with van der Waals surface area (Å²) in [5.74, 6) is -0.257. The summed E-state index contributed by atoms with van der Waals surface area (Å²) >= 11 is 1.31. The van der Waals surface area contributed by atoms with Crippen molar-refractivity contribution in [2.45, 2.75) is 0 Å². The van der Waals surface area contributed by atoms with Gasteiger partial charge in [-0.1, -0.05) is 18.7 Å². The topological polar surface area (TPSA) is 60.2 Å². The van der Waals surface area contributed by atoms with Gasteiger partial charge in [0, 0.05) is 6.08 Å². The van der Waals surface area contributed by atoms with Gasteiger partial charge in [0.25, 0.3) is 0 Å². The first-order valence-electron chi connectivity index (χ1n) is 5.83. The standard InChI is InChI=1S/C15H9NO3S/c1-9-4-5-10-13(7-9)19-15(18)11(16-10)8-12(17)14-3-2-6-20-14/h2-8H,1H2/b11-8+. The van der Waals surface area contributed by atoms with E-state index in [0.717, 1.165) is 5.22 Å². The molecule has 0 radical (unpaired) electrons. The van der Waals surface area contributed by atoms with Gasteiger partial charge in [-0.3, -0.25) is 4.79 Å². The minimum atomic E-state index is -0.631. The lowest BCUT2D eigenvalue weighted by Gasteiger charge is -1.95. The molecule has 0 atom stereocenters. The van der Waals surface area contributed by atoms with Crippen molar-refractivity contribution < 1.29 is 9.21 Å². The van der Waals surface area contributed by atoms with Crippen LogP contribution in [0.4, 0.5) is 0 Å². The lowest BCUT2D eigenvalue weighted by molar-refractivity contribution is 0.106. The van der Waals surface area contributed by atoms with Crippen molar-refractivity contribution >= 4 is 40.9 Å². The Bertz CT molecular complexity index is 955. The van der Waals surface area contributed by atoms with E-state index in [1.165, 1.54) is 17.4 Å². The van der Waals surface area contributed by atoms with Crippen LogP contribution in [0, 0.1) is 0 Å². The van der Waals surface area contributed by atoms with Crippen LogP contribution in [0.1, 0.15) is 9.67 Å². The number of hydrogen-bond acceptors (Lipinski definition) is 5. The molecule has 1 aromatic carbocycles. The molecule has 3 aromatic rings. The molecular weight excluding hydrogens is 274 g/mol. The average Bonchev–Trinajstić information content (AvgIpc) is 2.94. The third kappa shape index (κ3) is 2.31. The van der Waals surface area contributed by atoms with Crippen LogP contribution in [0.5, 0.6) is 0 Å². The van der Waals surface area contributed by atoms with Crippen molar-refractivity contribution in [3.63, 3.8) is 0 Å². The molecule has 98 valence electrons. The molecule has 3 rings (SSSR count). The Morgan fingerprint density at radius 2 is 2.20 bits per heavy atom. The molecule has 4 nitrogen and oxygen atoms in total. The van der Waals surface area contributed by atoms with E-state index >= 15 is 0 Å². The molecule has 2 heterocycles. The van der Waals surface area contributed by atoms with Gasteiger partial charge in [-0.2, -0.15) is 0 Å². The fourth-order valence-corrected chi connectivity index (χ4v) is 2.40. The SMILES string of the molecule is C=c1ccc2n/c(=C/C(=O)c3cccs3)c(=O)oc2c1. The highest BCUT2D eigenvalue weighted by Gasteiger charge is 2.06. The maximum atomic E-state index is 11.9. The highest BCUT2D eigenvalue weighted by Crippen LogP contribution is 2.09. The van der Waals surface area contributed by atoms with E-state index in [1.807, 2.05) is 0 Å². The van der Waals surface area contributed by atoms with Gasteiger partial charge < -0.3 is 4.42 Å². The van der Waals surface area contributed by atoms with Gasteiger partial charge in [0.05, 0.1) is 4.88 Å². The van der Waals surface area contributed by atoms with Crippen LogP contribution in [-0.2, 0) is 0 Å². The van der Waals surface area contributed by atoms with Gasteiger partial charge in [0.1, 0.15) is 5.52 Å². The molecular formula is C15H9NO3S. The maximum Gasteiger partial charge on any atom is 0.362 e. The molecule has 5 heteroatoms. The van der Waals surface area contributed by atoms with Crippen molar-refractivity contribution in [1.29, 1.82) is 0 Å². The van der Waals surface area contributed by atoms with Crippen molar-refractivity contribution in [1.82, 2.24) is 4.98 Å². The van der Waals surface area contributed by atoms with Gasteiger partial charge in [0.15, 0.2) is 16.7 Å². The van der Waals surface area contributed by atoms with E-state index in [4.69, 9.17) is 4.42 Å². The summed E-state index contributed by atoms with van der Waals surface area (Å²) in [7, 11) is 0. The number of thiophene rings is 1. The molecule has 0 aliphatic carbocycles.